The lowest BCUT2D eigenvalue weighted by molar-refractivity contribution is 0.295. The Kier molecular flexibility index (Phi) is 2.15. The lowest BCUT2D eigenvalue weighted by Gasteiger charge is -2.27. The van der Waals surface area contributed by atoms with Gasteiger partial charge in [-0.25, -0.2) is 4.39 Å². The van der Waals surface area contributed by atoms with E-state index in [0.717, 1.165) is 16.7 Å². The van der Waals surface area contributed by atoms with Gasteiger partial charge in [-0.05, 0) is 12.1 Å². The molecule has 0 saturated heterocycles. The number of fused-ring (bicyclic) bond motifs is 1. The molecular weight excluding hydrogens is 237 g/mol. The predicted octanol–water partition coefficient (Wildman–Crippen LogP) is 2.42. The first kappa shape index (κ1) is 8.81. The minimum Gasteiger partial charge on any atom is -0.486 e. The molecule has 0 spiro atoms. The first-order valence-corrected chi connectivity index (χ1v) is 4.81. The molecule has 0 bridgehead atoms. The summed E-state index contributed by atoms with van der Waals surface area (Å²) in [5.41, 5.74) is 0.804. The maximum Gasteiger partial charge on any atom is 0.178 e. The Morgan fingerprint density at radius 3 is 3.08 bits per heavy atom. The molecule has 13 heavy (non-hydrogen) atoms. The molecule has 1 heterocycles. The van der Waals surface area contributed by atoms with Crippen molar-refractivity contribution in [2.24, 2.45) is 0 Å². The molecule has 0 unspecified atom stereocenters. The van der Waals surface area contributed by atoms with Crippen LogP contribution in [0.15, 0.2) is 16.6 Å². The van der Waals surface area contributed by atoms with Crippen molar-refractivity contribution in [3.8, 4) is 5.75 Å². The fourth-order valence-corrected chi connectivity index (χ4v) is 1.80. The molecular formula is C9H9BrFNO. The van der Waals surface area contributed by atoms with Gasteiger partial charge < -0.3 is 9.64 Å². The van der Waals surface area contributed by atoms with Crippen LogP contribution in [0, 0.1) is 5.82 Å². The third-order valence-electron chi connectivity index (χ3n) is 2.07. The van der Waals surface area contributed by atoms with Crippen molar-refractivity contribution in [3.05, 3.63) is 22.4 Å². The van der Waals surface area contributed by atoms with Crippen LogP contribution in [0.3, 0.4) is 0 Å². The zero-order chi connectivity index (χ0) is 9.42. The van der Waals surface area contributed by atoms with E-state index in [4.69, 9.17) is 4.74 Å². The van der Waals surface area contributed by atoms with Crippen LogP contribution in [0.1, 0.15) is 0 Å². The second-order valence-electron chi connectivity index (χ2n) is 3.01. The summed E-state index contributed by atoms with van der Waals surface area (Å²) >= 11 is 3.25. The highest BCUT2D eigenvalue weighted by Gasteiger charge is 2.19. The molecule has 0 fully saturated rings. The quantitative estimate of drug-likeness (QED) is 0.697. The molecule has 0 amide bonds. The average Bonchev–Trinajstić information content (AvgIpc) is 2.07. The monoisotopic (exact) mass is 245 g/mol. The van der Waals surface area contributed by atoms with Gasteiger partial charge >= 0.3 is 0 Å². The molecule has 1 aliphatic heterocycles. The Morgan fingerprint density at radius 2 is 2.31 bits per heavy atom. The molecule has 0 saturated carbocycles. The Morgan fingerprint density at radius 1 is 1.54 bits per heavy atom. The van der Waals surface area contributed by atoms with Gasteiger partial charge in [-0.3, -0.25) is 0 Å². The number of ether oxygens (including phenoxy) is 1. The van der Waals surface area contributed by atoms with Crippen molar-refractivity contribution < 1.29 is 9.13 Å². The van der Waals surface area contributed by atoms with Gasteiger partial charge in [0.25, 0.3) is 0 Å². The predicted molar refractivity (Wildman–Crippen MR) is 52.9 cm³/mol. The van der Waals surface area contributed by atoms with Crippen LogP contribution in [-0.4, -0.2) is 20.2 Å². The number of nitrogens with zero attached hydrogens (tertiary/aromatic N) is 1. The number of halogens is 2. The summed E-state index contributed by atoms with van der Waals surface area (Å²) in [6, 6.07) is 3.27. The van der Waals surface area contributed by atoms with E-state index in [1.807, 2.05) is 18.0 Å². The largest absolute Gasteiger partial charge is 0.486 e. The van der Waals surface area contributed by atoms with Gasteiger partial charge in [-0.2, -0.15) is 0 Å². The topological polar surface area (TPSA) is 12.5 Å². The Balaban J connectivity index is 2.56. The average molecular weight is 246 g/mol. The second-order valence-corrected chi connectivity index (χ2v) is 3.92. The van der Waals surface area contributed by atoms with Crippen LogP contribution in [0.2, 0.25) is 0 Å². The van der Waals surface area contributed by atoms with Crippen LogP contribution >= 0.6 is 15.9 Å². The number of benzene rings is 1. The standard InChI is InChI=1S/C9H9BrFNO/c1-12-2-3-13-9-7(11)4-6(10)5-8(9)12/h4-5H,2-3H2,1H3. The number of rotatable bonds is 0. The highest BCUT2D eigenvalue weighted by molar-refractivity contribution is 9.10. The van der Waals surface area contributed by atoms with E-state index >= 15 is 0 Å². The zero-order valence-corrected chi connectivity index (χ0v) is 8.77. The van der Waals surface area contributed by atoms with Crippen LogP contribution in [0.5, 0.6) is 5.75 Å². The smallest absolute Gasteiger partial charge is 0.178 e. The lowest BCUT2D eigenvalue weighted by Crippen LogP contribution is -2.29. The van der Waals surface area contributed by atoms with Crippen LogP contribution in [0.4, 0.5) is 10.1 Å². The first-order chi connectivity index (χ1) is 6.18. The molecule has 1 aliphatic rings. The van der Waals surface area contributed by atoms with E-state index in [1.165, 1.54) is 6.07 Å². The summed E-state index contributed by atoms with van der Waals surface area (Å²) in [6.45, 7) is 1.34. The van der Waals surface area contributed by atoms with Crippen LogP contribution in [0.25, 0.3) is 0 Å². The molecule has 70 valence electrons. The summed E-state index contributed by atoms with van der Waals surface area (Å²) in [5, 5.41) is 0. The molecule has 0 aromatic heterocycles. The zero-order valence-electron chi connectivity index (χ0n) is 7.18. The van der Waals surface area contributed by atoms with Gasteiger partial charge in [0, 0.05) is 11.5 Å². The highest BCUT2D eigenvalue weighted by Crippen LogP contribution is 2.35. The van der Waals surface area contributed by atoms with Crippen molar-refractivity contribution in [1.82, 2.24) is 0 Å². The molecule has 0 N–H and O–H groups in total. The fraction of sp³-hybridized carbons (Fsp3) is 0.333. The van der Waals surface area contributed by atoms with Crippen molar-refractivity contribution in [1.29, 1.82) is 0 Å². The fourth-order valence-electron chi connectivity index (χ4n) is 1.38. The molecule has 1 aromatic rings. The lowest BCUT2D eigenvalue weighted by atomic mass is 10.2. The third kappa shape index (κ3) is 1.50. The van der Waals surface area contributed by atoms with E-state index < -0.39 is 0 Å². The van der Waals surface area contributed by atoms with Gasteiger partial charge in [0.05, 0.1) is 12.2 Å². The van der Waals surface area contributed by atoms with E-state index in [1.54, 1.807) is 0 Å². The van der Waals surface area contributed by atoms with Crippen molar-refractivity contribution in [2.45, 2.75) is 0 Å². The summed E-state index contributed by atoms with van der Waals surface area (Å²) in [6.07, 6.45) is 0. The number of hydrogen-bond acceptors (Lipinski definition) is 2. The summed E-state index contributed by atoms with van der Waals surface area (Å²) in [5.74, 6) is 0.0490. The Labute approximate surface area is 84.4 Å². The third-order valence-corrected chi connectivity index (χ3v) is 2.53. The minimum atomic E-state index is -0.309. The number of likely N-dealkylation sites (N-methyl/N-ethyl adjacent to an activating group) is 1. The molecule has 0 atom stereocenters. The minimum absolute atomic E-state index is 0.309. The van der Waals surface area contributed by atoms with Gasteiger partial charge in [-0.1, -0.05) is 15.9 Å². The highest BCUT2D eigenvalue weighted by atomic mass is 79.9. The van der Waals surface area contributed by atoms with Crippen molar-refractivity contribution >= 4 is 21.6 Å². The van der Waals surface area contributed by atoms with E-state index in [0.29, 0.717) is 12.4 Å². The molecule has 0 aliphatic carbocycles. The number of anilines is 1. The molecule has 2 nitrogen and oxygen atoms in total. The maximum absolute atomic E-state index is 13.3. The Bertz CT molecular complexity index is 343. The normalized spacial score (nSPS) is 15.2. The molecule has 2 rings (SSSR count). The maximum atomic E-state index is 13.3. The van der Waals surface area contributed by atoms with E-state index in [9.17, 15) is 4.39 Å². The van der Waals surface area contributed by atoms with E-state index in [-0.39, 0.29) is 5.82 Å². The summed E-state index contributed by atoms with van der Waals surface area (Å²) in [4.78, 5) is 1.98. The van der Waals surface area contributed by atoms with E-state index in [2.05, 4.69) is 15.9 Å². The van der Waals surface area contributed by atoms with Gasteiger partial charge in [-0.15, -0.1) is 0 Å². The van der Waals surface area contributed by atoms with Gasteiger partial charge in [0.2, 0.25) is 0 Å². The SMILES string of the molecule is CN1CCOc2c(F)cc(Br)cc21. The Hall–Kier alpha value is -0.770. The first-order valence-electron chi connectivity index (χ1n) is 4.01. The molecule has 4 heteroatoms. The van der Waals surface area contributed by atoms with Gasteiger partial charge in [0.1, 0.15) is 6.61 Å². The van der Waals surface area contributed by atoms with Crippen molar-refractivity contribution in [3.63, 3.8) is 0 Å². The molecule has 1 aromatic carbocycles. The van der Waals surface area contributed by atoms with Crippen LogP contribution < -0.4 is 9.64 Å². The molecule has 0 radical (unpaired) electrons. The van der Waals surface area contributed by atoms with Gasteiger partial charge in [0.15, 0.2) is 11.6 Å². The number of hydrogen-bond donors (Lipinski definition) is 0. The van der Waals surface area contributed by atoms with Crippen LogP contribution in [-0.2, 0) is 0 Å². The summed E-state index contributed by atoms with van der Waals surface area (Å²) < 4.78 is 19.3. The second kappa shape index (κ2) is 3.18. The van der Waals surface area contributed by atoms with Crippen molar-refractivity contribution in [2.75, 3.05) is 25.1 Å². The summed E-state index contributed by atoms with van der Waals surface area (Å²) in [7, 11) is 1.92.